The summed E-state index contributed by atoms with van der Waals surface area (Å²) in [5.74, 6) is 0.544. The minimum Gasteiger partial charge on any atom is -0.494 e. The zero-order valence-electron chi connectivity index (χ0n) is 14.9. The van der Waals surface area contributed by atoms with Crippen LogP contribution in [0.3, 0.4) is 0 Å². The van der Waals surface area contributed by atoms with E-state index in [-0.39, 0.29) is 18.1 Å². The second-order valence-corrected chi connectivity index (χ2v) is 5.64. The van der Waals surface area contributed by atoms with Crippen LogP contribution in [0.25, 0.3) is 16.9 Å². The summed E-state index contributed by atoms with van der Waals surface area (Å²) in [6.07, 6.45) is 1.67. The fourth-order valence-corrected chi connectivity index (χ4v) is 2.74. The summed E-state index contributed by atoms with van der Waals surface area (Å²) in [5.41, 5.74) is 1.06. The largest absolute Gasteiger partial charge is 0.494 e. The Morgan fingerprint density at radius 3 is 2.63 bits per heavy atom. The van der Waals surface area contributed by atoms with Crippen LogP contribution in [0.5, 0.6) is 11.6 Å². The highest BCUT2D eigenvalue weighted by atomic mass is 19.4. The van der Waals surface area contributed by atoms with Crippen molar-refractivity contribution in [1.29, 1.82) is 0 Å². The molecule has 0 bridgehead atoms. The third-order valence-electron chi connectivity index (χ3n) is 3.95. The van der Waals surface area contributed by atoms with E-state index in [2.05, 4.69) is 20.3 Å². The lowest BCUT2D eigenvalue weighted by Crippen LogP contribution is -2.34. The smallest absolute Gasteiger partial charge is 0.409 e. The second-order valence-electron chi connectivity index (χ2n) is 5.64. The third kappa shape index (κ3) is 3.65. The number of methoxy groups -OCH3 is 2. The van der Waals surface area contributed by atoms with E-state index in [1.165, 1.54) is 26.5 Å². The monoisotopic (exact) mass is 381 g/mol. The molecular formula is C17H18F3N5O2. The Hall–Kier alpha value is -2.88. The number of fused-ring (bicyclic) bond motifs is 1. The summed E-state index contributed by atoms with van der Waals surface area (Å²) in [6, 6.07) is -0.574. The number of nitrogens with zero attached hydrogens (tertiary/aromatic N) is 4. The molecule has 3 aromatic rings. The molecule has 0 aliphatic rings. The van der Waals surface area contributed by atoms with Crippen molar-refractivity contribution in [1.82, 2.24) is 24.7 Å². The Kier molecular flexibility index (Phi) is 5.17. The van der Waals surface area contributed by atoms with Crippen molar-refractivity contribution in [3.05, 3.63) is 36.5 Å². The topological polar surface area (TPSA) is 73.6 Å². The van der Waals surface area contributed by atoms with E-state index in [1.54, 1.807) is 29.9 Å². The third-order valence-corrected chi connectivity index (χ3v) is 3.95. The summed E-state index contributed by atoms with van der Waals surface area (Å²) < 4.78 is 52.4. The average Bonchev–Trinajstić information content (AvgIpc) is 3.12. The van der Waals surface area contributed by atoms with Gasteiger partial charge < -0.3 is 19.2 Å². The number of pyridine rings is 1. The Labute approximate surface area is 153 Å². The summed E-state index contributed by atoms with van der Waals surface area (Å²) >= 11 is 0. The van der Waals surface area contributed by atoms with Crippen LogP contribution in [0.1, 0.15) is 18.7 Å². The van der Waals surface area contributed by atoms with Crippen LogP contribution < -0.4 is 14.8 Å². The number of nitrogens with one attached hydrogen (secondary N) is 1. The van der Waals surface area contributed by atoms with Gasteiger partial charge >= 0.3 is 6.18 Å². The van der Waals surface area contributed by atoms with Gasteiger partial charge in [-0.25, -0.2) is 9.97 Å². The maximum Gasteiger partial charge on any atom is 0.409 e. The molecule has 0 aromatic carbocycles. The first-order chi connectivity index (χ1) is 12.9. The van der Waals surface area contributed by atoms with E-state index >= 15 is 0 Å². The van der Waals surface area contributed by atoms with Crippen LogP contribution in [0, 0.1) is 0 Å². The van der Waals surface area contributed by atoms with Crippen molar-refractivity contribution in [3.63, 3.8) is 0 Å². The van der Waals surface area contributed by atoms with E-state index in [9.17, 15) is 13.2 Å². The van der Waals surface area contributed by atoms with E-state index in [0.29, 0.717) is 22.7 Å². The number of hydrogen-bond donors (Lipinski definition) is 1. The maximum atomic E-state index is 13.4. The second kappa shape index (κ2) is 7.39. The van der Waals surface area contributed by atoms with Crippen molar-refractivity contribution in [2.45, 2.75) is 19.1 Å². The molecule has 0 amide bonds. The predicted octanol–water partition coefficient (Wildman–Crippen LogP) is 3.02. The Balaban J connectivity index is 2.17. The Morgan fingerprint density at radius 2 is 2.00 bits per heavy atom. The lowest BCUT2D eigenvalue weighted by molar-refractivity contribution is -0.158. The van der Waals surface area contributed by atoms with Crippen molar-refractivity contribution in [2.75, 3.05) is 20.8 Å². The number of alkyl halides is 3. The van der Waals surface area contributed by atoms with E-state index < -0.39 is 12.2 Å². The lowest BCUT2D eigenvalue weighted by atomic mass is 10.1. The van der Waals surface area contributed by atoms with Crippen molar-refractivity contribution in [3.8, 4) is 22.9 Å². The van der Waals surface area contributed by atoms with Crippen LogP contribution in [0.2, 0.25) is 0 Å². The molecule has 3 aromatic heterocycles. The maximum absolute atomic E-state index is 13.4. The predicted molar refractivity (Wildman–Crippen MR) is 91.8 cm³/mol. The van der Waals surface area contributed by atoms with Gasteiger partial charge in [0.05, 0.1) is 31.8 Å². The molecule has 0 radical (unpaired) electrons. The molecule has 1 unspecified atom stereocenters. The fraction of sp³-hybridized carbons (Fsp3) is 0.353. The molecule has 3 rings (SSSR count). The fourth-order valence-electron chi connectivity index (χ4n) is 2.74. The number of ether oxygens (including phenoxy) is 2. The first kappa shape index (κ1) is 18.9. The van der Waals surface area contributed by atoms with Crippen LogP contribution in [0.4, 0.5) is 13.2 Å². The summed E-state index contributed by atoms with van der Waals surface area (Å²) in [5, 5.41) is 2.41. The highest BCUT2D eigenvalue weighted by molar-refractivity contribution is 5.69. The van der Waals surface area contributed by atoms with Crippen LogP contribution >= 0.6 is 0 Å². The number of rotatable bonds is 6. The van der Waals surface area contributed by atoms with Gasteiger partial charge in [-0.05, 0) is 12.6 Å². The van der Waals surface area contributed by atoms with Gasteiger partial charge in [-0.15, -0.1) is 0 Å². The number of hydrogen-bond acceptors (Lipinski definition) is 6. The minimum absolute atomic E-state index is 0.139. The van der Waals surface area contributed by atoms with Crippen molar-refractivity contribution in [2.24, 2.45) is 0 Å². The molecule has 0 spiro atoms. The van der Waals surface area contributed by atoms with Gasteiger partial charge in [0.15, 0.2) is 5.65 Å². The highest BCUT2D eigenvalue weighted by Crippen LogP contribution is 2.36. The van der Waals surface area contributed by atoms with Gasteiger partial charge in [-0.2, -0.15) is 13.2 Å². The van der Waals surface area contributed by atoms with Gasteiger partial charge in [0.1, 0.15) is 11.8 Å². The Bertz CT molecular complexity index is 942. The molecule has 144 valence electrons. The first-order valence-corrected chi connectivity index (χ1v) is 8.11. The molecule has 3 heterocycles. The number of halogens is 3. The van der Waals surface area contributed by atoms with E-state index in [4.69, 9.17) is 9.47 Å². The lowest BCUT2D eigenvalue weighted by Gasteiger charge is -2.21. The molecule has 0 fully saturated rings. The molecule has 1 N–H and O–H groups in total. The summed E-state index contributed by atoms with van der Waals surface area (Å²) in [4.78, 5) is 12.4. The first-order valence-electron chi connectivity index (χ1n) is 8.11. The van der Waals surface area contributed by atoms with E-state index in [1.807, 2.05) is 0 Å². The molecule has 0 aliphatic carbocycles. The molecule has 1 atom stereocenters. The molecule has 0 aliphatic heterocycles. The van der Waals surface area contributed by atoms with Crippen molar-refractivity contribution < 1.29 is 22.6 Å². The normalized spacial score (nSPS) is 13.0. The van der Waals surface area contributed by atoms with Gasteiger partial charge in [0, 0.05) is 24.2 Å². The van der Waals surface area contributed by atoms with Crippen LogP contribution in [-0.2, 0) is 0 Å². The zero-order valence-corrected chi connectivity index (χ0v) is 14.9. The average molecular weight is 381 g/mol. The Morgan fingerprint density at radius 1 is 1.22 bits per heavy atom. The zero-order chi connectivity index (χ0) is 19.6. The molecule has 10 heteroatoms. The molecule has 27 heavy (non-hydrogen) atoms. The number of aromatic nitrogens is 4. The van der Waals surface area contributed by atoms with E-state index in [0.717, 1.165) is 0 Å². The van der Waals surface area contributed by atoms with Gasteiger partial charge in [-0.3, -0.25) is 4.98 Å². The SMILES string of the molecule is CCNC(c1cc(-c2cn3ccnc3c(OC)n2)c(OC)cn1)C(F)(F)F. The quantitative estimate of drug-likeness (QED) is 0.708. The molecule has 7 nitrogen and oxygen atoms in total. The van der Waals surface area contributed by atoms with Crippen LogP contribution in [-0.4, -0.2) is 46.3 Å². The van der Waals surface area contributed by atoms with Gasteiger partial charge in [0.2, 0.25) is 0 Å². The summed E-state index contributed by atoms with van der Waals surface area (Å²) in [7, 11) is 2.86. The van der Waals surface area contributed by atoms with Crippen LogP contribution in [0.15, 0.2) is 30.9 Å². The number of imidazole rings is 1. The standard InChI is InChI=1S/C17H18F3N5O2/c1-4-21-14(17(18,19)20)11-7-10(13(26-2)8-23-11)12-9-25-6-5-22-15(25)16(24-12)27-3/h5-9,14,21H,4H2,1-3H3. The molecule has 0 saturated carbocycles. The van der Waals surface area contributed by atoms with Gasteiger partial charge in [0.25, 0.3) is 5.88 Å². The molecular weight excluding hydrogens is 363 g/mol. The minimum atomic E-state index is -4.49. The summed E-state index contributed by atoms with van der Waals surface area (Å²) in [6.45, 7) is 1.74. The molecule has 0 saturated heterocycles. The highest BCUT2D eigenvalue weighted by Gasteiger charge is 2.41. The van der Waals surface area contributed by atoms with Crippen molar-refractivity contribution >= 4 is 5.65 Å². The van der Waals surface area contributed by atoms with Gasteiger partial charge in [-0.1, -0.05) is 6.92 Å².